The molecule has 1 aliphatic heterocycles. The fourth-order valence-electron chi connectivity index (χ4n) is 3.55. The molecule has 140 valence electrons. The van der Waals surface area contributed by atoms with E-state index in [4.69, 9.17) is 9.47 Å². The summed E-state index contributed by atoms with van der Waals surface area (Å²) in [6.07, 6.45) is 2.15. The van der Waals surface area contributed by atoms with E-state index in [-0.39, 0.29) is 22.7 Å². The van der Waals surface area contributed by atoms with Gasteiger partial charge in [0.25, 0.3) is 0 Å². The van der Waals surface area contributed by atoms with Crippen molar-refractivity contribution in [1.82, 2.24) is 5.32 Å². The first-order chi connectivity index (χ1) is 11.0. The number of carbonyl (C=O) groups excluding carboxylic acids is 2. The van der Waals surface area contributed by atoms with E-state index in [1.807, 2.05) is 20.8 Å². The molecule has 1 saturated heterocycles. The van der Waals surface area contributed by atoms with Gasteiger partial charge in [-0.05, 0) is 40.0 Å². The maximum atomic E-state index is 12.5. The van der Waals surface area contributed by atoms with E-state index in [9.17, 15) is 9.59 Å². The van der Waals surface area contributed by atoms with Gasteiger partial charge in [0.1, 0.15) is 12.1 Å². The van der Waals surface area contributed by atoms with Crippen LogP contribution < -0.4 is 5.32 Å². The Balaban J connectivity index is 2.90. The van der Waals surface area contributed by atoms with Crippen molar-refractivity contribution in [2.24, 2.45) is 5.92 Å². The van der Waals surface area contributed by atoms with Gasteiger partial charge in [0.15, 0.2) is 0 Å². The molecule has 0 aromatic carbocycles. The molecular formula is C18H35N2O4+. The highest BCUT2D eigenvalue weighted by Gasteiger charge is 2.48. The molecule has 6 nitrogen and oxygen atoms in total. The molecule has 2 amide bonds. The van der Waals surface area contributed by atoms with Gasteiger partial charge in [0.05, 0.1) is 25.7 Å². The van der Waals surface area contributed by atoms with Gasteiger partial charge in [-0.3, -0.25) is 0 Å². The van der Waals surface area contributed by atoms with Crippen molar-refractivity contribution in [3.8, 4) is 0 Å². The first-order valence-corrected chi connectivity index (χ1v) is 8.95. The normalized spacial score (nSPS) is 25.4. The van der Waals surface area contributed by atoms with E-state index in [1.54, 1.807) is 0 Å². The number of nitrogens with one attached hydrogen (secondary N) is 1. The standard InChI is InChI=1S/C18H34N2O4/c1-13(2)11-15(19-16(21)24-18(4,5)6)12-20(17(22)23-7)10-8-9-14(20)3/h13-15H,8-12H2,1-7H3/p+1/t14-,15+,20?/m1/s1. The predicted octanol–water partition coefficient (Wildman–Crippen LogP) is 3.69. The van der Waals surface area contributed by atoms with E-state index in [2.05, 4.69) is 26.1 Å². The Morgan fingerprint density at radius 1 is 1.29 bits per heavy atom. The molecule has 0 saturated carbocycles. The van der Waals surface area contributed by atoms with Gasteiger partial charge in [0, 0.05) is 12.8 Å². The molecular weight excluding hydrogens is 308 g/mol. The van der Waals surface area contributed by atoms with Crippen molar-refractivity contribution in [3.05, 3.63) is 0 Å². The molecule has 3 atom stereocenters. The summed E-state index contributed by atoms with van der Waals surface area (Å²) in [5.74, 6) is 0.403. The van der Waals surface area contributed by atoms with Crippen molar-refractivity contribution in [2.75, 3.05) is 20.2 Å². The quantitative estimate of drug-likeness (QED) is 0.773. The van der Waals surface area contributed by atoms with Crippen molar-refractivity contribution < 1.29 is 23.5 Å². The lowest BCUT2D eigenvalue weighted by Crippen LogP contribution is -2.61. The second-order valence-electron chi connectivity index (χ2n) is 8.37. The van der Waals surface area contributed by atoms with Crippen molar-refractivity contribution in [3.63, 3.8) is 0 Å². The van der Waals surface area contributed by atoms with Crippen LogP contribution in [0.15, 0.2) is 0 Å². The van der Waals surface area contributed by atoms with E-state index < -0.39 is 11.7 Å². The number of nitrogens with zero attached hydrogens (tertiary/aromatic N) is 1. The van der Waals surface area contributed by atoms with Gasteiger partial charge in [0.2, 0.25) is 0 Å². The lowest BCUT2D eigenvalue weighted by Gasteiger charge is -2.37. The number of ether oxygens (including phenoxy) is 2. The predicted molar refractivity (Wildman–Crippen MR) is 93.7 cm³/mol. The third kappa shape index (κ3) is 5.65. The minimum absolute atomic E-state index is 0.125. The third-order valence-electron chi connectivity index (χ3n) is 4.58. The van der Waals surface area contributed by atoms with Crippen LogP contribution in [0.4, 0.5) is 9.59 Å². The summed E-state index contributed by atoms with van der Waals surface area (Å²) in [7, 11) is 1.44. The average molecular weight is 343 g/mol. The maximum Gasteiger partial charge on any atom is 0.516 e. The number of hydrogen-bond acceptors (Lipinski definition) is 4. The number of carbonyl (C=O) groups is 2. The fraction of sp³-hybridized carbons (Fsp3) is 0.889. The minimum Gasteiger partial charge on any atom is -0.444 e. The van der Waals surface area contributed by atoms with E-state index in [0.29, 0.717) is 12.5 Å². The molecule has 24 heavy (non-hydrogen) atoms. The number of hydrogen-bond donors (Lipinski definition) is 1. The number of rotatable bonds is 5. The Labute approximate surface area is 146 Å². The average Bonchev–Trinajstić information content (AvgIpc) is 2.77. The molecule has 0 aliphatic carbocycles. The van der Waals surface area contributed by atoms with Crippen molar-refractivity contribution in [1.29, 1.82) is 0 Å². The van der Waals surface area contributed by atoms with Gasteiger partial charge < -0.3 is 14.8 Å². The third-order valence-corrected chi connectivity index (χ3v) is 4.58. The van der Waals surface area contributed by atoms with Gasteiger partial charge in [-0.1, -0.05) is 13.8 Å². The maximum absolute atomic E-state index is 12.5. The Kier molecular flexibility index (Phi) is 7.08. The summed E-state index contributed by atoms with van der Waals surface area (Å²) in [4.78, 5) is 24.7. The lowest BCUT2D eigenvalue weighted by molar-refractivity contribution is -0.868. The molecule has 1 rings (SSSR count). The lowest BCUT2D eigenvalue weighted by atomic mass is 10.0. The zero-order valence-corrected chi connectivity index (χ0v) is 16.3. The zero-order chi connectivity index (χ0) is 18.5. The number of alkyl carbamates (subject to hydrolysis) is 1. The van der Waals surface area contributed by atoms with Crippen LogP contribution in [-0.4, -0.2) is 54.6 Å². The number of quaternary nitrogens is 1. The minimum atomic E-state index is -0.540. The topological polar surface area (TPSA) is 64.6 Å². The van der Waals surface area contributed by atoms with Crippen molar-refractivity contribution >= 4 is 12.2 Å². The van der Waals surface area contributed by atoms with E-state index in [0.717, 1.165) is 25.8 Å². The molecule has 0 aromatic heterocycles. The van der Waals surface area contributed by atoms with Crippen LogP contribution in [0.1, 0.15) is 60.8 Å². The first kappa shape index (κ1) is 20.7. The Hall–Kier alpha value is -1.30. The largest absolute Gasteiger partial charge is 0.516 e. The zero-order valence-electron chi connectivity index (χ0n) is 16.3. The van der Waals surface area contributed by atoms with Gasteiger partial charge >= 0.3 is 12.2 Å². The van der Waals surface area contributed by atoms with Crippen molar-refractivity contribution in [2.45, 2.75) is 78.5 Å². The van der Waals surface area contributed by atoms with Gasteiger partial charge in [-0.2, -0.15) is 4.79 Å². The van der Waals surface area contributed by atoms with Gasteiger partial charge in [-0.25, -0.2) is 9.28 Å². The number of amides is 2. The molecule has 1 unspecified atom stereocenters. The molecule has 0 bridgehead atoms. The van der Waals surface area contributed by atoms with Crippen LogP contribution in [0.2, 0.25) is 0 Å². The smallest absolute Gasteiger partial charge is 0.444 e. The number of methoxy groups -OCH3 is 1. The van der Waals surface area contributed by atoms with E-state index in [1.165, 1.54) is 7.11 Å². The summed E-state index contributed by atoms with van der Waals surface area (Å²) in [5.41, 5.74) is -0.540. The molecule has 6 heteroatoms. The monoisotopic (exact) mass is 343 g/mol. The van der Waals surface area contributed by atoms with Crippen LogP contribution >= 0.6 is 0 Å². The van der Waals surface area contributed by atoms with Crippen LogP contribution in [0.5, 0.6) is 0 Å². The fourth-order valence-corrected chi connectivity index (χ4v) is 3.55. The molecule has 0 spiro atoms. The Morgan fingerprint density at radius 3 is 2.33 bits per heavy atom. The summed E-state index contributed by atoms with van der Waals surface area (Å²) < 4.78 is 10.8. The molecule has 1 heterocycles. The van der Waals surface area contributed by atoms with Crippen LogP contribution in [-0.2, 0) is 9.47 Å². The first-order valence-electron chi connectivity index (χ1n) is 8.95. The molecule has 1 aliphatic rings. The molecule has 0 aromatic rings. The molecule has 1 N–H and O–H groups in total. The molecule has 0 radical (unpaired) electrons. The highest BCUT2D eigenvalue weighted by molar-refractivity contribution is 5.68. The second kappa shape index (κ2) is 8.19. The van der Waals surface area contributed by atoms with Crippen LogP contribution in [0, 0.1) is 5.92 Å². The SMILES string of the molecule is COC(=O)[N+]1(C[C@H](CC(C)C)NC(=O)OC(C)(C)C)CCC[C@H]1C. The Morgan fingerprint density at radius 2 is 1.92 bits per heavy atom. The summed E-state index contributed by atoms with van der Waals surface area (Å²) >= 11 is 0. The molecule has 1 fully saturated rings. The van der Waals surface area contributed by atoms with E-state index >= 15 is 0 Å². The summed E-state index contributed by atoms with van der Waals surface area (Å²) in [6, 6.07) is 0.0760. The second-order valence-corrected chi connectivity index (χ2v) is 8.37. The summed E-state index contributed by atoms with van der Waals surface area (Å²) in [5, 5.41) is 2.97. The summed E-state index contributed by atoms with van der Waals surface area (Å²) in [6.45, 7) is 13.1. The highest BCUT2D eigenvalue weighted by atomic mass is 16.6. The Bertz CT molecular complexity index is 445. The van der Waals surface area contributed by atoms with Gasteiger partial charge in [-0.15, -0.1) is 0 Å². The number of likely N-dealkylation sites (tertiary alicyclic amines) is 1. The van der Waals surface area contributed by atoms with Crippen LogP contribution in [0.3, 0.4) is 0 Å². The van der Waals surface area contributed by atoms with Crippen LogP contribution in [0.25, 0.3) is 0 Å². The highest BCUT2D eigenvalue weighted by Crippen LogP contribution is 2.29.